The van der Waals surface area contributed by atoms with Crippen LogP contribution in [0.15, 0.2) is 48.5 Å². The number of nitrogens with one attached hydrogen (secondary N) is 1. The van der Waals surface area contributed by atoms with E-state index in [0.717, 1.165) is 63.1 Å². The highest BCUT2D eigenvalue weighted by atomic mass is 35.5. The Bertz CT molecular complexity index is 810. The Balaban J connectivity index is 1.51. The number of carbonyl (C=O) groups is 1. The van der Waals surface area contributed by atoms with Gasteiger partial charge in [0.05, 0.1) is 18.6 Å². The normalized spacial score (nSPS) is 18.8. The van der Waals surface area contributed by atoms with Crippen molar-refractivity contribution in [2.24, 2.45) is 0 Å². The number of hydrogen-bond acceptors (Lipinski definition) is 3. The standard InChI is InChI=1S/C23H27ClN2O2/c24-20-9-7-19(8-10-20)23(11-3-4-12-23)22(27)25-17-18-5-1-2-6-21(18)26-13-15-28-16-14-26/h1-2,5-10H,3-4,11-17H2,(H,25,27). The first-order chi connectivity index (χ1) is 13.7. The van der Waals surface area contributed by atoms with Gasteiger partial charge in [0.1, 0.15) is 0 Å². The lowest BCUT2D eigenvalue weighted by Crippen LogP contribution is -2.42. The second kappa shape index (κ2) is 8.54. The molecule has 0 radical (unpaired) electrons. The van der Waals surface area contributed by atoms with Gasteiger partial charge in [-0.3, -0.25) is 4.79 Å². The molecule has 1 saturated carbocycles. The molecule has 0 bridgehead atoms. The van der Waals surface area contributed by atoms with E-state index < -0.39 is 5.41 Å². The minimum atomic E-state index is -0.432. The first-order valence-electron chi connectivity index (χ1n) is 10.1. The molecule has 0 unspecified atom stereocenters. The van der Waals surface area contributed by atoms with Crippen LogP contribution in [0.25, 0.3) is 0 Å². The highest BCUT2D eigenvalue weighted by Gasteiger charge is 2.42. The van der Waals surface area contributed by atoms with E-state index in [2.05, 4.69) is 28.4 Å². The van der Waals surface area contributed by atoms with E-state index in [-0.39, 0.29) is 5.91 Å². The van der Waals surface area contributed by atoms with Gasteiger partial charge in [0.2, 0.25) is 5.91 Å². The molecular weight excluding hydrogens is 372 g/mol. The summed E-state index contributed by atoms with van der Waals surface area (Å²) in [6.45, 7) is 3.82. The van der Waals surface area contributed by atoms with Crippen molar-refractivity contribution in [1.82, 2.24) is 5.32 Å². The lowest BCUT2D eigenvalue weighted by atomic mass is 9.78. The van der Waals surface area contributed by atoms with Gasteiger partial charge in [0, 0.05) is 30.3 Å². The number of morpholine rings is 1. The SMILES string of the molecule is O=C(NCc1ccccc1N1CCOCC1)C1(c2ccc(Cl)cc2)CCCC1. The van der Waals surface area contributed by atoms with E-state index >= 15 is 0 Å². The van der Waals surface area contributed by atoms with Gasteiger partial charge in [-0.15, -0.1) is 0 Å². The smallest absolute Gasteiger partial charge is 0.230 e. The maximum absolute atomic E-state index is 13.3. The van der Waals surface area contributed by atoms with Crippen LogP contribution in [0.1, 0.15) is 36.8 Å². The number of rotatable bonds is 5. The number of benzene rings is 2. The molecule has 2 aromatic rings. The predicted molar refractivity (Wildman–Crippen MR) is 113 cm³/mol. The molecule has 1 saturated heterocycles. The van der Waals surface area contributed by atoms with Gasteiger partial charge >= 0.3 is 0 Å². The van der Waals surface area contributed by atoms with Crippen LogP contribution in [0.2, 0.25) is 5.02 Å². The Morgan fingerprint density at radius 1 is 1.04 bits per heavy atom. The molecule has 4 rings (SSSR count). The summed E-state index contributed by atoms with van der Waals surface area (Å²) in [5.74, 6) is 0.129. The molecule has 4 nitrogen and oxygen atoms in total. The van der Waals surface area contributed by atoms with Crippen LogP contribution in [0.4, 0.5) is 5.69 Å². The van der Waals surface area contributed by atoms with Gasteiger partial charge in [-0.05, 0) is 42.2 Å². The minimum absolute atomic E-state index is 0.129. The fourth-order valence-corrected chi connectivity index (χ4v) is 4.64. The summed E-state index contributed by atoms with van der Waals surface area (Å²) >= 11 is 6.06. The van der Waals surface area contributed by atoms with Crippen molar-refractivity contribution in [3.63, 3.8) is 0 Å². The summed E-state index contributed by atoms with van der Waals surface area (Å²) in [6.07, 6.45) is 3.96. The molecule has 1 amide bonds. The quantitative estimate of drug-likeness (QED) is 0.816. The fraction of sp³-hybridized carbons (Fsp3) is 0.435. The predicted octanol–water partition coefficient (Wildman–Crippen LogP) is 4.30. The number of nitrogens with zero attached hydrogens (tertiary/aromatic N) is 1. The summed E-state index contributed by atoms with van der Waals surface area (Å²) in [4.78, 5) is 15.7. The van der Waals surface area contributed by atoms with Gasteiger partial charge in [-0.1, -0.05) is 54.8 Å². The second-order valence-electron chi connectivity index (χ2n) is 7.71. The van der Waals surface area contributed by atoms with E-state index in [1.54, 1.807) is 0 Å². The van der Waals surface area contributed by atoms with Crippen molar-refractivity contribution < 1.29 is 9.53 Å². The average molecular weight is 399 g/mol. The minimum Gasteiger partial charge on any atom is -0.378 e. The fourth-order valence-electron chi connectivity index (χ4n) is 4.51. The van der Waals surface area contributed by atoms with E-state index in [1.165, 1.54) is 5.69 Å². The third kappa shape index (κ3) is 3.89. The third-order valence-electron chi connectivity index (χ3n) is 6.07. The Hall–Kier alpha value is -2.04. The first kappa shape index (κ1) is 19.3. The summed E-state index contributed by atoms with van der Waals surface area (Å²) in [5, 5.41) is 3.95. The van der Waals surface area contributed by atoms with Crippen molar-refractivity contribution in [3.05, 3.63) is 64.7 Å². The van der Waals surface area contributed by atoms with E-state index in [0.29, 0.717) is 11.6 Å². The molecule has 28 heavy (non-hydrogen) atoms. The van der Waals surface area contributed by atoms with Crippen molar-refractivity contribution in [2.45, 2.75) is 37.6 Å². The van der Waals surface area contributed by atoms with E-state index in [9.17, 15) is 4.79 Å². The highest BCUT2D eigenvalue weighted by molar-refractivity contribution is 6.30. The molecule has 0 aromatic heterocycles. The van der Waals surface area contributed by atoms with Gasteiger partial charge in [0.15, 0.2) is 0 Å². The zero-order valence-corrected chi connectivity index (χ0v) is 16.9. The third-order valence-corrected chi connectivity index (χ3v) is 6.32. The summed E-state index contributed by atoms with van der Waals surface area (Å²) in [7, 11) is 0. The largest absolute Gasteiger partial charge is 0.378 e. The molecule has 0 atom stereocenters. The van der Waals surface area contributed by atoms with Gasteiger partial charge in [-0.25, -0.2) is 0 Å². The number of anilines is 1. The molecule has 1 heterocycles. The Kier molecular flexibility index (Phi) is 5.88. The van der Waals surface area contributed by atoms with Crippen LogP contribution < -0.4 is 10.2 Å². The van der Waals surface area contributed by atoms with Crippen LogP contribution in [0.5, 0.6) is 0 Å². The van der Waals surface area contributed by atoms with Crippen LogP contribution in [0.3, 0.4) is 0 Å². The zero-order chi connectivity index (χ0) is 19.4. The molecule has 1 aliphatic heterocycles. The number of halogens is 1. The zero-order valence-electron chi connectivity index (χ0n) is 16.1. The maximum atomic E-state index is 13.3. The first-order valence-corrected chi connectivity index (χ1v) is 10.5. The van der Waals surface area contributed by atoms with Crippen LogP contribution in [-0.4, -0.2) is 32.2 Å². The Morgan fingerprint density at radius 3 is 2.43 bits per heavy atom. The molecule has 0 spiro atoms. The van der Waals surface area contributed by atoms with Gasteiger partial charge in [0.25, 0.3) is 0 Å². The topological polar surface area (TPSA) is 41.6 Å². The lowest BCUT2D eigenvalue weighted by Gasteiger charge is -2.31. The molecule has 1 aliphatic carbocycles. The average Bonchev–Trinajstić information content (AvgIpc) is 3.24. The number of ether oxygens (including phenoxy) is 1. The number of hydrogen-bond donors (Lipinski definition) is 1. The van der Waals surface area contributed by atoms with Gasteiger partial charge in [-0.2, -0.15) is 0 Å². The van der Waals surface area contributed by atoms with E-state index in [1.807, 2.05) is 30.3 Å². The van der Waals surface area contributed by atoms with Gasteiger partial charge < -0.3 is 15.0 Å². The van der Waals surface area contributed by atoms with E-state index in [4.69, 9.17) is 16.3 Å². The Morgan fingerprint density at radius 2 is 1.71 bits per heavy atom. The number of carbonyl (C=O) groups excluding carboxylic acids is 1. The van der Waals surface area contributed by atoms with Crippen molar-refractivity contribution in [2.75, 3.05) is 31.2 Å². The second-order valence-corrected chi connectivity index (χ2v) is 8.14. The van der Waals surface area contributed by atoms with Crippen LogP contribution in [0, 0.1) is 0 Å². The number of amides is 1. The monoisotopic (exact) mass is 398 g/mol. The molecule has 1 N–H and O–H groups in total. The molecule has 5 heteroatoms. The summed E-state index contributed by atoms with van der Waals surface area (Å²) < 4.78 is 5.48. The Labute approximate surface area is 171 Å². The summed E-state index contributed by atoms with van der Waals surface area (Å²) in [6, 6.07) is 16.1. The molecule has 2 aromatic carbocycles. The summed E-state index contributed by atoms with van der Waals surface area (Å²) in [5.41, 5.74) is 2.99. The highest BCUT2D eigenvalue weighted by Crippen LogP contribution is 2.41. The molecular formula is C23H27ClN2O2. The van der Waals surface area contributed by atoms with Crippen molar-refractivity contribution in [1.29, 1.82) is 0 Å². The maximum Gasteiger partial charge on any atom is 0.230 e. The number of para-hydroxylation sites is 1. The van der Waals surface area contributed by atoms with Crippen molar-refractivity contribution in [3.8, 4) is 0 Å². The molecule has 2 aliphatic rings. The van der Waals surface area contributed by atoms with Crippen molar-refractivity contribution >= 4 is 23.2 Å². The lowest BCUT2D eigenvalue weighted by molar-refractivity contribution is -0.126. The molecule has 148 valence electrons. The molecule has 2 fully saturated rings. The van der Waals surface area contributed by atoms with Crippen LogP contribution in [-0.2, 0) is 21.5 Å². The van der Waals surface area contributed by atoms with Crippen LogP contribution >= 0.6 is 11.6 Å².